The number of nitrogens with zero attached hydrogens (tertiary/aromatic N) is 3. The number of aromatic nitrogens is 3. The summed E-state index contributed by atoms with van der Waals surface area (Å²) in [5.74, 6) is 0. The van der Waals surface area contributed by atoms with Crippen LogP contribution in [0.3, 0.4) is 0 Å². The molecule has 0 bridgehead atoms. The fourth-order valence-corrected chi connectivity index (χ4v) is 4.07. The quantitative estimate of drug-likeness (QED) is 0.860. The van der Waals surface area contributed by atoms with Crippen molar-refractivity contribution in [1.29, 1.82) is 0 Å². The Labute approximate surface area is 162 Å². The molecule has 0 saturated carbocycles. The van der Waals surface area contributed by atoms with Crippen LogP contribution in [0, 0.1) is 0 Å². The SMILES string of the molecule is CC(C)O[C@@H]1CCC[C@@H](c2cnc3cc(C(C)(C)C)n(C)c3n2)N[C@H]1CO. The summed E-state index contributed by atoms with van der Waals surface area (Å²) < 4.78 is 8.18. The molecule has 0 aliphatic carbocycles. The predicted octanol–water partition coefficient (Wildman–Crippen LogP) is 3.23. The van der Waals surface area contributed by atoms with Crippen LogP contribution in [0.1, 0.15) is 71.3 Å². The maximum atomic E-state index is 9.89. The molecule has 0 amide bonds. The first-order valence-electron chi connectivity index (χ1n) is 10.1. The van der Waals surface area contributed by atoms with Gasteiger partial charge in [-0.1, -0.05) is 20.8 Å². The Morgan fingerprint density at radius 1 is 1.33 bits per heavy atom. The highest BCUT2D eigenvalue weighted by Gasteiger charge is 2.30. The number of ether oxygens (including phenoxy) is 1. The van der Waals surface area contributed by atoms with Crippen molar-refractivity contribution in [2.45, 2.75) is 83.6 Å². The molecular formula is C21H34N4O2. The second kappa shape index (κ2) is 7.86. The molecule has 6 heteroatoms. The van der Waals surface area contributed by atoms with Gasteiger partial charge in [0.2, 0.25) is 0 Å². The van der Waals surface area contributed by atoms with Crippen molar-refractivity contribution < 1.29 is 9.84 Å². The molecule has 27 heavy (non-hydrogen) atoms. The van der Waals surface area contributed by atoms with Gasteiger partial charge < -0.3 is 19.7 Å². The Kier molecular flexibility index (Phi) is 5.89. The van der Waals surface area contributed by atoms with E-state index in [9.17, 15) is 5.11 Å². The summed E-state index contributed by atoms with van der Waals surface area (Å²) in [6.07, 6.45) is 5.00. The van der Waals surface area contributed by atoms with Crippen molar-refractivity contribution in [3.05, 3.63) is 23.7 Å². The molecule has 1 fully saturated rings. The van der Waals surface area contributed by atoms with Gasteiger partial charge in [-0.3, -0.25) is 4.98 Å². The molecule has 0 aromatic carbocycles. The lowest BCUT2D eigenvalue weighted by Gasteiger charge is -2.28. The minimum absolute atomic E-state index is 0.0271. The first kappa shape index (κ1) is 20.2. The Hall–Kier alpha value is -1.50. The Morgan fingerprint density at radius 2 is 2.07 bits per heavy atom. The maximum Gasteiger partial charge on any atom is 0.158 e. The van der Waals surface area contributed by atoms with E-state index in [1.54, 1.807) is 0 Å². The maximum absolute atomic E-state index is 9.89. The average Bonchev–Trinajstić information content (AvgIpc) is 2.80. The van der Waals surface area contributed by atoms with Gasteiger partial charge in [0.15, 0.2) is 5.65 Å². The number of fused-ring (bicyclic) bond motifs is 1. The second-order valence-corrected chi connectivity index (χ2v) is 9.00. The number of hydrogen-bond donors (Lipinski definition) is 2. The minimum atomic E-state index is -0.0871. The summed E-state index contributed by atoms with van der Waals surface area (Å²) in [4.78, 5) is 9.63. The molecule has 1 saturated heterocycles. The lowest BCUT2D eigenvalue weighted by Crippen LogP contribution is -2.45. The van der Waals surface area contributed by atoms with Crippen LogP contribution in [-0.4, -0.2) is 44.5 Å². The van der Waals surface area contributed by atoms with E-state index >= 15 is 0 Å². The number of aliphatic hydroxyl groups excluding tert-OH is 1. The number of aryl methyl sites for hydroxylation is 1. The molecule has 3 rings (SSSR count). The highest BCUT2D eigenvalue weighted by Crippen LogP contribution is 2.29. The van der Waals surface area contributed by atoms with Crippen molar-refractivity contribution in [2.24, 2.45) is 7.05 Å². The molecule has 0 spiro atoms. The fraction of sp³-hybridized carbons (Fsp3) is 0.714. The van der Waals surface area contributed by atoms with Crippen LogP contribution in [0.15, 0.2) is 12.3 Å². The molecule has 2 N–H and O–H groups in total. The molecule has 3 atom stereocenters. The van der Waals surface area contributed by atoms with Crippen LogP contribution < -0.4 is 5.32 Å². The largest absolute Gasteiger partial charge is 0.395 e. The Bertz CT molecular complexity index is 778. The molecule has 6 nitrogen and oxygen atoms in total. The third kappa shape index (κ3) is 4.33. The highest BCUT2D eigenvalue weighted by molar-refractivity contribution is 5.73. The van der Waals surface area contributed by atoms with E-state index in [0.717, 1.165) is 36.1 Å². The van der Waals surface area contributed by atoms with Gasteiger partial charge in [0, 0.05) is 18.2 Å². The van der Waals surface area contributed by atoms with E-state index in [-0.39, 0.29) is 36.3 Å². The molecule has 2 aromatic rings. The van der Waals surface area contributed by atoms with Crippen molar-refractivity contribution in [3.8, 4) is 0 Å². The van der Waals surface area contributed by atoms with Gasteiger partial charge in [0.1, 0.15) is 5.52 Å². The van der Waals surface area contributed by atoms with Crippen LogP contribution in [0.25, 0.3) is 11.2 Å². The molecule has 0 unspecified atom stereocenters. The summed E-state index contributed by atoms with van der Waals surface area (Å²) in [5, 5.41) is 13.5. The highest BCUT2D eigenvalue weighted by atomic mass is 16.5. The lowest BCUT2D eigenvalue weighted by atomic mass is 9.92. The molecular weight excluding hydrogens is 340 g/mol. The van der Waals surface area contributed by atoms with Crippen molar-refractivity contribution in [2.75, 3.05) is 6.61 Å². The third-order valence-electron chi connectivity index (χ3n) is 5.37. The standard InChI is InChI=1S/C21H34N4O2/c1-13(2)27-18-9-7-8-14(23-17(18)12-26)16-11-22-15-10-19(21(3,4)5)25(6)20(15)24-16/h10-11,13-14,17-18,23,26H,7-9,12H2,1-6H3/t14-,17-,18+/m0/s1. The van der Waals surface area contributed by atoms with E-state index < -0.39 is 0 Å². The smallest absolute Gasteiger partial charge is 0.158 e. The summed E-state index contributed by atoms with van der Waals surface area (Å²) in [7, 11) is 2.06. The molecule has 2 aromatic heterocycles. The zero-order valence-electron chi connectivity index (χ0n) is 17.5. The summed E-state index contributed by atoms with van der Waals surface area (Å²) in [5.41, 5.74) is 4.05. The van der Waals surface area contributed by atoms with Gasteiger partial charge in [0.25, 0.3) is 0 Å². The van der Waals surface area contributed by atoms with Gasteiger partial charge in [-0.15, -0.1) is 0 Å². The van der Waals surface area contributed by atoms with Crippen molar-refractivity contribution in [1.82, 2.24) is 19.9 Å². The summed E-state index contributed by atoms with van der Waals surface area (Å²) >= 11 is 0. The lowest BCUT2D eigenvalue weighted by molar-refractivity contribution is -0.0268. The van der Waals surface area contributed by atoms with Crippen LogP contribution in [0.4, 0.5) is 0 Å². The van der Waals surface area contributed by atoms with E-state index in [1.165, 1.54) is 5.69 Å². The first-order valence-corrected chi connectivity index (χ1v) is 10.1. The van der Waals surface area contributed by atoms with Crippen LogP contribution in [0.5, 0.6) is 0 Å². The van der Waals surface area contributed by atoms with Crippen LogP contribution in [0.2, 0.25) is 0 Å². The Balaban J connectivity index is 1.89. The second-order valence-electron chi connectivity index (χ2n) is 9.00. The monoisotopic (exact) mass is 374 g/mol. The normalized spacial score (nSPS) is 24.5. The van der Waals surface area contributed by atoms with E-state index in [4.69, 9.17) is 9.72 Å². The number of rotatable bonds is 4. The van der Waals surface area contributed by atoms with Gasteiger partial charge in [-0.2, -0.15) is 0 Å². The predicted molar refractivity (Wildman–Crippen MR) is 108 cm³/mol. The Morgan fingerprint density at radius 3 is 2.70 bits per heavy atom. The topological polar surface area (TPSA) is 72.2 Å². The summed E-state index contributed by atoms with van der Waals surface area (Å²) in [6.45, 7) is 10.7. The first-order chi connectivity index (χ1) is 12.7. The van der Waals surface area contributed by atoms with E-state index in [2.05, 4.69) is 48.8 Å². The van der Waals surface area contributed by atoms with Crippen molar-refractivity contribution in [3.63, 3.8) is 0 Å². The average molecular weight is 375 g/mol. The third-order valence-corrected chi connectivity index (χ3v) is 5.37. The van der Waals surface area contributed by atoms with Crippen LogP contribution in [-0.2, 0) is 17.2 Å². The molecule has 1 aliphatic rings. The number of nitrogens with one attached hydrogen (secondary N) is 1. The minimum Gasteiger partial charge on any atom is -0.395 e. The van der Waals surface area contributed by atoms with Gasteiger partial charge in [-0.25, -0.2) is 4.98 Å². The zero-order valence-corrected chi connectivity index (χ0v) is 17.5. The summed E-state index contributed by atoms with van der Waals surface area (Å²) in [6, 6.07) is 2.12. The van der Waals surface area contributed by atoms with Crippen LogP contribution >= 0.6 is 0 Å². The number of hydrogen-bond acceptors (Lipinski definition) is 5. The fourth-order valence-electron chi connectivity index (χ4n) is 4.07. The molecule has 3 heterocycles. The number of aliphatic hydroxyl groups is 1. The van der Waals surface area contributed by atoms with Gasteiger partial charge >= 0.3 is 0 Å². The molecule has 150 valence electrons. The zero-order chi connectivity index (χ0) is 19.8. The van der Waals surface area contributed by atoms with E-state index in [0.29, 0.717) is 0 Å². The van der Waals surface area contributed by atoms with Gasteiger partial charge in [0.05, 0.1) is 42.8 Å². The van der Waals surface area contributed by atoms with Gasteiger partial charge in [-0.05, 0) is 39.2 Å². The molecule has 1 aliphatic heterocycles. The molecule has 0 radical (unpaired) electrons. The van der Waals surface area contributed by atoms with E-state index in [1.807, 2.05) is 20.0 Å². The van der Waals surface area contributed by atoms with Crippen molar-refractivity contribution >= 4 is 11.2 Å².